The van der Waals surface area contributed by atoms with Crippen LogP contribution in [0.4, 0.5) is 0 Å². The number of aromatic nitrogens is 5. The lowest BCUT2D eigenvalue weighted by Gasteiger charge is -2.07. The summed E-state index contributed by atoms with van der Waals surface area (Å²) >= 11 is 7.67. The molecule has 0 aliphatic rings. The highest BCUT2D eigenvalue weighted by atomic mass is 35.5. The third-order valence-electron chi connectivity index (χ3n) is 3.09. The molecule has 0 spiro atoms. The summed E-state index contributed by atoms with van der Waals surface area (Å²) in [6.07, 6.45) is 2.39. The highest BCUT2D eigenvalue weighted by Gasteiger charge is 2.11. The van der Waals surface area contributed by atoms with Gasteiger partial charge in [-0.1, -0.05) is 36.4 Å². The molecule has 0 bridgehead atoms. The van der Waals surface area contributed by atoms with Gasteiger partial charge in [0.15, 0.2) is 5.16 Å². The Kier molecular flexibility index (Phi) is 4.44. The van der Waals surface area contributed by atoms with Crippen molar-refractivity contribution in [1.29, 1.82) is 0 Å². The summed E-state index contributed by atoms with van der Waals surface area (Å²) in [5.41, 5.74) is 1.95. The molecule has 8 heteroatoms. The van der Waals surface area contributed by atoms with E-state index < -0.39 is 0 Å². The van der Waals surface area contributed by atoms with Gasteiger partial charge in [-0.2, -0.15) is 0 Å². The molecule has 0 fully saturated rings. The van der Waals surface area contributed by atoms with E-state index in [1.54, 1.807) is 6.33 Å². The molecule has 3 aromatic rings. The Labute approximate surface area is 136 Å². The minimum Gasteiger partial charge on any atom is -0.424 e. The number of hydrogen-bond acceptors (Lipinski definition) is 6. The fourth-order valence-electron chi connectivity index (χ4n) is 1.85. The van der Waals surface area contributed by atoms with Crippen LogP contribution in [0.3, 0.4) is 0 Å². The normalized spacial score (nSPS) is 11.0. The van der Waals surface area contributed by atoms with Crippen LogP contribution < -0.4 is 0 Å². The Bertz CT molecular complexity index is 785. The fraction of sp³-hybridized carbons (Fsp3) is 0.286. The van der Waals surface area contributed by atoms with Crippen LogP contribution in [0, 0.1) is 6.92 Å². The molecular formula is C14H14ClN5OS. The van der Waals surface area contributed by atoms with Crippen LogP contribution in [0.2, 0.25) is 5.02 Å². The molecule has 22 heavy (non-hydrogen) atoms. The molecule has 0 radical (unpaired) electrons. The first-order valence-electron chi connectivity index (χ1n) is 6.78. The van der Waals surface area contributed by atoms with Crippen LogP contribution >= 0.6 is 23.4 Å². The van der Waals surface area contributed by atoms with E-state index >= 15 is 0 Å². The van der Waals surface area contributed by atoms with Gasteiger partial charge < -0.3 is 4.42 Å². The van der Waals surface area contributed by atoms with E-state index in [1.165, 1.54) is 11.8 Å². The van der Waals surface area contributed by atoms with Gasteiger partial charge in [-0.15, -0.1) is 20.4 Å². The maximum Gasteiger partial charge on any atom is 0.226 e. The third kappa shape index (κ3) is 3.15. The zero-order valence-electron chi connectivity index (χ0n) is 12.2. The summed E-state index contributed by atoms with van der Waals surface area (Å²) in [7, 11) is 0. The SMILES string of the molecule is CCc1nnc(CSc2nncn2-c2ccc(C)c(Cl)c2)o1. The van der Waals surface area contributed by atoms with Gasteiger partial charge in [0.2, 0.25) is 11.8 Å². The van der Waals surface area contributed by atoms with Crippen LogP contribution in [0.15, 0.2) is 34.1 Å². The average Bonchev–Trinajstić information content (AvgIpc) is 3.16. The van der Waals surface area contributed by atoms with Gasteiger partial charge in [0.25, 0.3) is 0 Å². The van der Waals surface area contributed by atoms with E-state index in [9.17, 15) is 0 Å². The minimum absolute atomic E-state index is 0.547. The summed E-state index contributed by atoms with van der Waals surface area (Å²) in [4.78, 5) is 0. The van der Waals surface area contributed by atoms with Crippen LogP contribution in [-0.2, 0) is 12.2 Å². The topological polar surface area (TPSA) is 69.6 Å². The summed E-state index contributed by atoms with van der Waals surface area (Å²) in [5, 5.41) is 17.5. The third-order valence-corrected chi connectivity index (χ3v) is 4.42. The van der Waals surface area contributed by atoms with E-state index in [2.05, 4.69) is 20.4 Å². The zero-order chi connectivity index (χ0) is 15.5. The maximum atomic E-state index is 6.18. The van der Waals surface area contributed by atoms with Crippen LogP contribution in [-0.4, -0.2) is 25.0 Å². The first kappa shape index (κ1) is 15.1. The Balaban J connectivity index is 1.78. The number of aryl methyl sites for hydroxylation is 2. The first-order valence-corrected chi connectivity index (χ1v) is 8.14. The number of halogens is 1. The lowest BCUT2D eigenvalue weighted by atomic mass is 10.2. The lowest BCUT2D eigenvalue weighted by molar-refractivity contribution is 0.470. The molecule has 2 heterocycles. The second-order valence-electron chi connectivity index (χ2n) is 4.65. The van der Waals surface area contributed by atoms with Crippen molar-refractivity contribution in [1.82, 2.24) is 25.0 Å². The number of nitrogens with zero attached hydrogens (tertiary/aromatic N) is 5. The molecule has 2 aromatic heterocycles. The van der Waals surface area contributed by atoms with Crippen molar-refractivity contribution < 1.29 is 4.42 Å². The summed E-state index contributed by atoms with van der Waals surface area (Å²) in [6.45, 7) is 3.94. The van der Waals surface area contributed by atoms with Crippen LogP contribution in [0.5, 0.6) is 0 Å². The minimum atomic E-state index is 0.547. The van der Waals surface area contributed by atoms with E-state index in [1.807, 2.05) is 36.6 Å². The molecule has 3 rings (SSSR count). The molecule has 0 amide bonds. The first-order chi connectivity index (χ1) is 10.7. The highest BCUT2D eigenvalue weighted by Crippen LogP contribution is 2.25. The maximum absolute atomic E-state index is 6.18. The van der Waals surface area contributed by atoms with Gasteiger partial charge in [0, 0.05) is 11.4 Å². The summed E-state index contributed by atoms with van der Waals surface area (Å²) in [5.74, 6) is 1.77. The molecule has 1 aromatic carbocycles. The van der Waals surface area contributed by atoms with Crippen molar-refractivity contribution >= 4 is 23.4 Å². The van der Waals surface area contributed by atoms with Gasteiger partial charge in [-0.25, -0.2) is 0 Å². The van der Waals surface area contributed by atoms with Gasteiger partial charge in [0.1, 0.15) is 6.33 Å². The van der Waals surface area contributed by atoms with Gasteiger partial charge in [0.05, 0.1) is 11.4 Å². The van der Waals surface area contributed by atoms with Gasteiger partial charge >= 0.3 is 0 Å². The quantitative estimate of drug-likeness (QED) is 0.665. The number of hydrogen-bond donors (Lipinski definition) is 0. The standard InChI is InChI=1S/C14H14ClN5OS/c1-3-12-17-18-13(21-12)7-22-14-19-16-8-20(14)10-5-4-9(2)11(15)6-10/h4-6,8H,3,7H2,1-2H3. The van der Waals surface area contributed by atoms with Crippen molar-refractivity contribution in [2.75, 3.05) is 0 Å². The molecule has 0 saturated carbocycles. The molecule has 0 unspecified atom stereocenters. The Hall–Kier alpha value is -1.86. The van der Waals surface area contributed by atoms with Crippen LogP contribution in [0.25, 0.3) is 5.69 Å². The predicted molar refractivity (Wildman–Crippen MR) is 84.3 cm³/mol. The Morgan fingerprint density at radius 1 is 1.23 bits per heavy atom. The van der Waals surface area contributed by atoms with Crippen molar-refractivity contribution in [2.24, 2.45) is 0 Å². The summed E-state index contributed by atoms with van der Waals surface area (Å²) < 4.78 is 7.37. The molecule has 6 nitrogen and oxygen atoms in total. The van der Waals surface area contributed by atoms with Crippen LogP contribution in [0.1, 0.15) is 24.3 Å². The largest absolute Gasteiger partial charge is 0.424 e. The smallest absolute Gasteiger partial charge is 0.226 e. The predicted octanol–water partition coefficient (Wildman–Crippen LogP) is 3.47. The molecule has 0 atom stereocenters. The number of thioether (sulfide) groups is 1. The molecule has 0 aliphatic carbocycles. The van der Waals surface area contributed by atoms with Gasteiger partial charge in [-0.05, 0) is 24.6 Å². The number of rotatable bonds is 5. The molecular weight excluding hydrogens is 322 g/mol. The second kappa shape index (κ2) is 6.50. The Morgan fingerprint density at radius 3 is 2.77 bits per heavy atom. The number of benzene rings is 1. The molecule has 114 valence electrons. The Morgan fingerprint density at radius 2 is 2.05 bits per heavy atom. The molecule has 0 N–H and O–H groups in total. The zero-order valence-corrected chi connectivity index (χ0v) is 13.7. The van der Waals surface area contributed by atoms with Crippen molar-refractivity contribution in [3.8, 4) is 5.69 Å². The molecule has 0 saturated heterocycles. The lowest BCUT2D eigenvalue weighted by Crippen LogP contribution is -1.96. The average molecular weight is 336 g/mol. The van der Waals surface area contributed by atoms with E-state index in [4.69, 9.17) is 16.0 Å². The van der Waals surface area contributed by atoms with Crippen molar-refractivity contribution in [3.63, 3.8) is 0 Å². The van der Waals surface area contributed by atoms with Gasteiger partial charge in [-0.3, -0.25) is 4.57 Å². The second-order valence-corrected chi connectivity index (χ2v) is 6.00. The summed E-state index contributed by atoms with van der Waals surface area (Å²) in [6, 6.07) is 5.85. The van der Waals surface area contributed by atoms with E-state index in [0.29, 0.717) is 22.6 Å². The monoisotopic (exact) mass is 335 g/mol. The van der Waals surface area contributed by atoms with E-state index in [-0.39, 0.29) is 0 Å². The van der Waals surface area contributed by atoms with E-state index in [0.717, 1.165) is 22.8 Å². The highest BCUT2D eigenvalue weighted by molar-refractivity contribution is 7.98. The fourth-order valence-corrected chi connectivity index (χ4v) is 2.79. The van der Waals surface area contributed by atoms with Crippen molar-refractivity contribution in [3.05, 3.63) is 46.9 Å². The van der Waals surface area contributed by atoms with Crippen molar-refractivity contribution in [2.45, 2.75) is 31.2 Å². The molecule has 0 aliphatic heterocycles.